The molecule has 1 heterocycles. The molecule has 0 aliphatic carbocycles. The summed E-state index contributed by atoms with van der Waals surface area (Å²) in [5.74, 6) is -0.0157. The van der Waals surface area contributed by atoms with E-state index in [0.29, 0.717) is 19.4 Å². The summed E-state index contributed by atoms with van der Waals surface area (Å²) in [7, 11) is 0. The van der Waals surface area contributed by atoms with E-state index in [1.807, 2.05) is 36.5 Å². The lowest BCUT2D eigenvalue weighted by molar-refractivity contribution is -0.116. The molecule has 5 heteroatoms. The topological polar surface area (TPSA) is 72.9 Å². The summed E-state index contributed by atoms with van der Waals surface area (Å²) in [5.41, 5.74) is 7.05. The van der Waals surface area contributed by atoms with Gasteiger partial charge in [0.2, 0.25) is 5.91 Å². The summed E-state index contributed by atoms with van der Waals surface area (Å²) in [5, 5.41) is 6.99. The number of rotatable bonds is 5. The molecule has 0 radical (unpaired) electrons. The summed E-state index contributed by atoms with van der Waals surface area (Å²) < 4.78 is 1.75. The number of aromatic nitrogens is 2. The number of amides is 1. The second-order valence-electron chi connectivity index (χ2n) is 3.94. The lowest BCUT2D eigenvalue weighted by Crippen LogP contribution is -2.13. The number of nitrogens with two attached hydrogens (primary N) is 1. The van der Waals surface area contributed by atoms with Crippen molar-refractivity contribution in [2.24, 2.45) is 5.73 Å². The lowest BCUT2D eigenvalue weighted by atomic mass is 10.2. The molecule has 0 spiro atoms. The highest BCUT2D eigenvalue weighted by Crippen LogP contribution is 2.14. The fraction of sp³-hybridized carbons (Fsp3) is 0.231. The highest BCUT2D eigenvalue weighted by atomic mass is 16.1. The van der Waals surface area contributed by atoms with Gasteiger partial charge >= 0.3 is 0 Å². The zero-order valence-corrected chi connectivity index (χ0v) is 10.0. The molecule has 3 N–H and O–H groups in total. The van der Waals surface area contributed by atoms with E-state index in [1.165, 1.54) is 0 Å². The number of carbonyl (C=O) groups is 1. The number of hydrogen-bond donors (Lipinski definition) is 2. The van der Waals surface area contributed by atoms with Gasteiger partial charge in [-0.05, 0) is 37.2 Å². The maximum atomic E-state index is 11.6. The molecule has 94 valence electrons. The molecule has 5 nitrogen and oxygen atoms in total. The predicted molar refractivity (Wildman–Crippen MR) is 70.5 cm³/mol. The first-order valence-electron chi connectivity index (χ1n) is 5.89. The number of benzene rings is 1. The molecule has 0 aliphatic heterocycles. The standard InChI is InChI=1S/C13H16N4O/c14-7-2-6-13(18)16-11-4-1-5-12(10-11)17-9-3-8-15-17/h1,3-5,8-10H,2,6-7,14H2,(H,16,18). The molecule has 0 unspecified atom stereocenters. The molecule has 1 aromatic carbocycles. The van der Waals surface area contributed by atoms with Crippen LogP contribution in [0.25, 0.3) is 5.69 Å². The van der Waals surface area contributed by atoms with Crippen LogP contribution in [-0.4, -0.2) is 22.2 Å². The third-order valence-corrected chi connectivity index (χ3v) is 2.51. The van der Waals surface area contributed by atoms with Crippen LogP contribution in [0.3, 0.4) is 0 Å². The fourth-order valence-electron chi connectivity index (χ4n) is 1.63. The molecular weight excluding hydrogens is 228 g/mol. The minimum atomic E-state index is -0.0157. The molecule has 1 aromatic heterocycles. The summed E-state index contributed by atoms with van der Waals surface area (Å²) in [6.45, 7) is 0.529. The van der Waals surface area contributed by atoms with Gasteiger partial charge in [0, 0.05) is 24.5 Å². The highest BCUT2D eigenvalue weighted by Gasteiger charge is 2.03. The molecule has 0 bridgehead atoms. The second kappa shape index (κ2) is 5.97. The van der Waals surface area contributed by atoms with Crippen LogP contribution in [0.2, 0.25) is 0 Å². The average molecular weight is 244 g/mol. The fourth-order valence-corrected chi connectivity index (χ4v) is 1.63. The maximum absolute atomic E-state index is 11.6. The predicted octanol–water partition coefficient (Wildman–Crippen LogP) is 1.55. The van der Waals surface area contributed by atoms with E-state index in [4.69, 9.17) is 5.73 Å². The Balaban J connectivity index is 2.06. The second-order valence-corrected chi connectivity index (χ2v) is 3.94. The van der Waals surface area contributed by atoms with Gasteiger partial charge in [0.15, 0.2) is 0 Å². The molecule has 18 heavy (non-hydrogen) atoms. The molecule has 2 aromatic rings. The zero-order chi connectivity index (χ0) is 12.8. The van der Waals surface area contributed by atoms with Crippen molar-refractivity contribution in [3.63, 3.8) is 0 Å². The smallest absolute Gasteiger partial charge is 0.224 e. The van der Waals surface area contributed by atoms with Gasteiger partial charge in [-0.3, -0.25) is 4.79 Å². The van der Waals surface area contributed by atoms with E-state index in [-0.39, 0.29) is 5.91 Å². The molecular formula is C13H16N4O. The Hall–Kier alpha value is -2.14. The molecule has 0 saturated heterocycles. The van der Waals surface area contributed by atoms with Crippen molar-refractivity contribution >= 4 is 11.6 Å². The summed E-state index contributed by atoms with van der Waals surface area (Å²) in [4.78, 5) is 11.6. The van der Waals surface area contributed by atoms with Gasteiger partial charge in [0.1, 0.15) is 0 Å². The van der Waals surface area contributed by atoms with E-state index in [1.54, 1.807) is 10.9 Å². The Morgan fingerprint density at radius 3 is 3.00 bits per heavy atom. The van der Waals surface area contributed by atoms with Gasteiger partial charge in [0.25, 0.3) is 0 Å². The van der Waals surface area contributed by atoms with Crippen LogP contribution in [0.4, 0.5) is 5.69 Å². The maximum Gasteiger partial charge on any atom is 0.224 e. The van der Waals surface area contributed by atoms with Crippen molar-refractivity contribution in [3.05, 3.63) is 42.7 Å². The van der Waals surface area contributed by atoms with Crippen LogP contribution in [0.1, 0.15) is 12.8 Å². The minimum Gasteiger partial charge on any atom is -0.330 e. The number of nitrogens with zero attached hydrogens (tertiary/aromatic N) is 2. The van der Waals surface area contributed by atoms with E-state index >= 15 is 0 Å². The van der Waals surface area contributed by atoms with Crippen molar-refractivity contribution in [1.29, 1.82) is 0 Å². The normalized spacial score (nSPS) is 10.3. The third kappa shape index (κ3) is 3.18. The van der Waals surface area contributed by atoms with Crippen LogP contribution < -0.4 is 11.1 Å². The Morgan fingerprint density at radius 1 is 1.39 bits per heavy atom. The van der Waals surface area contributed by atoms with Crippen LogP contribution in [0, 0.1) is 0 Å². The van der Waals surface area contributed by atoms with Crippen LogP contribution in [0.5, 0.6) is 0 Å². The van der Waals surface area contributed by atoms with Crippen molar-refractivity contribution in [2.45, 2.75) is 12.8 Å². The summed E-state index contributed by atoms with van der Waals surface area (Å²) >= 11 is 0. The van der Waals surface area contributed by atoms with Gasteiger partial charge in [-0.1, -0.05) is 6.07 Å². The Bertz CT molecular complexity index is 507. The number of nitrogens with one attached hydrogen (secondary N) is 1. The molecule has 0 aliphatic rings. The summed E-state index contributed by atoms with van der Waals surface area (Å²) in [6, 6.07) is 9.41. The number of hydrogen-bond acceptors (Lipinski definition) is 3. The Morgan fingerprint density at radius 2 is 2.28 bits per heavy atom. The first-order chi connectivity index (χ1) is 8.79. The largest absolute Gasteiger partial charge is 0.330 e. The van der Waals surface area contributed by atoms with Crippen molar-refractivity contribution in [2.75, 3.05) is 11.9 Å². The quantitative estimate of drug-likeness (QED) is 0.838. The molecule has 0 saturated carbocycles. The van der Waals surface area contributed by atoms with Crippen LogP contribution >= 0.6 is 0 Å². The summed E-state index contributed by atoms with van der Waals surface area (Å²) in [6.07, 6.45) is 4.72. The third-order valence-electron chi connectivity index (χ3n) is 2.51. The van der Waals surface area contributed by atoms with Gasteiger partial charge in [-0.25, -0.2) is 4.68 Å². The van der Waals surface area contributed by atoms with Crippen molar-refractivity contribution < 1.29 is 4.79 Å². The van der Waals surface area contributed by atoms with Gasteiger partial charge < -0.3 is 11.1 Å². The molecule has 2 rings (SSSR count). The highest BCUT2D eigenvalue weighted by molar-refractivity contribution is 5.90. The molecule has 1 amide bonds. The first-order valence-corrected chi connectivity index (χ1v) is 5.89. The molecule has 0 fully saturated rings. The van der Waals surface area contributed by atoms with Gasteiger partial charge in [-0.2, -0.15) is 5.10 Å². The average Bonchev–Trinajstić information content (AvgIpc) is 2.90. The van der Waals surface area contributed by atoms with Gasteiger partial charge in [0.05, 0.1) is 5.69 Å². The molecule has 0 atom stereocenters. The first kappa shape index (κ1) is 12.3. The SMILES string of the molecule is NCCCC(=O)Nc1cccc(-n2cccn2)c1. The van der Waals surface area contributed by atoms with E-state index in [0.717, 1.165) is 11.4 Å². The zero-order valence-electron chi connectivity index (χ0n) is 10.0. The van der Waals surface area contributed by atoms with Crippen molar-refractivity contribution in [1.82, 2.24) is 9.78 Å². The van der Waals surface area contributed by atoms with Crippen molar-refractivity contribution in [3.8, 4) is 5.69 Å². The van der Waals surface area contributed by atoms with Crippen LogP contribution in [0.15, 0.2) is 42.7 Å². The monoisotopic (exact) mass is 244 g/mol. The Labute approximate surface area is 106 Å². The Kier molecular flexibility index (Phi) is 4.09. The van der Waals surface area contributed by atoms with Crippen LogP contribution in [-0.2, 0) is 4.79 Å². The van der Waals surface area contributed by atoms with E-state index in [2.05, 4.69) is 10.4 Å². The minimum absolute atomic E-state index is 0.0157. The van der Waals surface area contributed by atoms with Gasteiger partial charge in [-0.15, -0.1) is 0 Å². The van der Waals surface area contributed by atoms with E-state index in [9.17, 15) is 4.79 Å². The number of anilines is 1. The number of carbonyl (C=O) groups excluding carboxylic acids is 1. The lowest BCUT2D eigenvalue weighted by Gasteiger charge is -2.07. The van der Waals surface area contributed by atoms with E-state index < -0.39 is 0 Å².